The van der Waals surface area contributed by atoms with Crippen molar-refractivity contribution in [2.45, 2.75) is 26.9 Å². The third-order valence-electron chi connectivity index (χ3n) is 5.37. The van der Waals surface area contributed by atoms with Gasteiger partial charge in [-0.1, -0.05) is 0 Å². The molecule has 2 heterocycles. The molecule has 3 aromatic rings. The van der Waals surface area contributed by atoms with Crippen molar-refractivity contribution in [2.24, 2.45) is 0 Å². The molecule has 0 bridgehead atoms. The fourth-order valence-electron chi connectivity index (χ4n) is 3.87. The largest absolute Gasteiger partial charge is 0.486 e. The lowest BCUT2D eigenvalue weighted by Gasteiger charge is -2.20. The van der Waals surface area contributed by atoms with Crippen LogP contribution in [0.4, 0.5) is 24.5 Å². The summed E-state index contributed by atoms with van der Waals surface area (Å²) in [6, 6.07) is 9.81. The van der Waals surface area contributed by atoms with Crippen molar-refractivity contribution >= 4 is 23.2 Å². The molecule has 0 radical (unpaired) electrons. The molecule has 2 aromatic carbocycles. The molecule has 10 heteroatoms. The molecule has 1 aliphatic heterocycles. The SMILES string of the molecule is CC(=O)Nc1ccc(C(F)(F)F)cc1NC(=O)c1cc(C)n(-c2ccc3c(c2)OCCO3)c1C. The molecule has 0 unspecified atom stereocenters. The topological polar surface area (TPSA) is 81.6 Å². The van der Waals surface area contributed by atoms with Crippen molar-refractivity contribution in [2.75, 3.05) is 23.8 Å². The number of carbonyl (C=O) groups is 2. The molecule has 0 saturated heterocycles. The van der Waals surface area contributed by atoms with Gasteiger partial charge in [0.1, 0.15) is 13.2 Å². The highest BCUT2D eigenvalue weighted by atomic mass is 19.4. The van der Waals surface area contributed by atoms with E-state index in [1.165, 1.54) is 6.92 Å². The van der Waals surface area contributed by atoms with Gasteiger partial charge in [0.25, 0.3) is 5.91 Å². The van der Waals surface area contributed by atoms with Gasteiger partial charge in [-0.2, -0.15) is 13.2 Å². The number of rotatable bonds is 4. The van der Waals surface area contributed by atoms with Crippen LogP contribution in [0.25, 0.3) is 5.69 Å². The minimum Gasteiger partial charge on any atom is -0.486 e. The molecule has 0 atom stereocenters. The second-order valence-corrected chi connectivity index (χ2v) is 7.84. The number of amides is 2. The number of hydrogen-bond acceptors (Lipinski definition) is 4. The van der Waals surface area contributed by atoms with E-state index in [0.29, 0.717) is 30.4 Å². The van der Waals surface area contributed by atoms with Crippen LogP contribution in [-0.4, -0.2) is 29.6 Å². The molecule has 0 aliphatic carbocycles. The summed E-state index contributed by atoms with van der Waals surface area (Å²) in [5.74, 6) is 0.131. The number of nitrogens with one attached hydrogen (secondary N) is 2. The van der Waals surface area contributed by atoms with E-state index in [4.69, 9.17) is 9.47 Å². The highest BCUT2D eigenvalue weighted by molar-refractivity contribution is 6.08. The summed E-state index contributed by atoms with van der Waals surface area (Å²) in [6.07, 6.45) is -4.61. The monoisotopic (exact) mass is 473 g/mol. The van der Waals surface area contributed by atoms with Gasteiger partial charge in [0, 0.05) is 30.1 Å². The molecule has 7 nitrogen and oxygen atoms in total. The molecule has 1 aromatic heterocycles. The number of nitrogens with zero attached hydrogens (tertiary/aromatic N) is 1. The quantitative estimate of drug-likeness (QED) is 0.553. The maximum Gasteiger partial charge on any atom is 0.416 e. The number of halogens is 3. The van der Waals surface area contributed by atoms with Crippen LogP contribution in [0.2, 0.25) is 0 Å². The maximum absolute atomic E-state index is 13.2. The number of fused-ring (bicyclic) bond motifs is 1. The van der Waals surface area contributed by atoms with Crippen LogP contribution in [0.3, 0.4) is 0 Å². The standard InChI is InChI=1S/C24H22F3N3O4/c1-13-10-18(14(2)30(13)17-5-7-21-22(12-17)34-9-8-33-21)23(32)29-20-11-16(24(25,26)27)4-6-19(20)28-15(3)31/h4-7,10-12H,8-9H2,1-3H3,(H,28,31)(H,29,32). The number of alkyl halides is 3. The Bertz CT molecular complexity index is 1280. The Labute approximate surface area is 193 Å². The van der Waals surface area contributed by atoms with Crippen molar-refractivity contribution in [1.29, 1.82) is 0 Å². The van der Waals surface area contributed by atoms with E-state index in [2.05, 4.69) is 10.6 Å². The summed E-state index contributed by atoms with van der Waals surface area (Å²) in [6.45, 7) is 5.67. The third-order valence-corrected chi connectivity index (χ3v) is 5.37. The van der Waals surface area contributed by atoms with Crippen molar-refractivity contribution in [3.63, 3.8) is 0 Å². The number of hydrogen-bond donors (Lipinski definition) is 2. The first-order valence-corrected chi connectivity index (χ1v) is 10.4. The van der Waals surface area contributed by atoms with Crippen LogP contribution in [0.15, 0.2) is 42.5 Å². The lowest BCUT2D eigenvalue weighted by molar-refractivity contribution is -0.137. The Hall–Kier alpha value is -3.95. The maximum atomic E-state index is 13.2. The first-order chi connectivity index (χ1) is 16.0. The summed E-state index contributed by atoms with van der Waals surface area (Å²) in [5, 5.41) is 4.96. The molecular formula is C24H22F3N3O4. The van der Waals surface area contributed by atoms with E-state index in [9.17, 15) is 22.8 Å². The molecule has 34 heavy (non-hydrogen) atoms. The number of aryl methyl sites for hydroxylation is 1. The van der Waals surface area contributed by atoms with E-state index in [-0.39, 0.29) is 16.9 Å². The number of carbonyl (C=O) groups excluding carboxylic acids is 2. The smallest absolute Gasteiger partial charge is 0.416 e. The highest BCUT2D eigenvalue weighted by Gasteiger charge is 2.31. The minimum absolute atomic E-state index is 0.0643. The summed E-state index contributed by atoms with van der Waals surface area (Å²) >= 11 is 0. The van der Waals surface area contributed by atoms with E-state index >= 15 is 0 Å². The van der Waals surface area contributed by atoms with Crippen LogP contribution >= 0.6 is 0 Å². The van der Waals surface area contributed by atoms with Gasteiger partial charge in [0.05, 0.1) is 22.5 Å². The normalized spacial score (nSPS) is 12.9. The van der Waals surface area contributed by atoms with Crippen LogP contribution in [0.5, 0.6) is 11.5 Å². The van der Waals surface area contributed by atoms with Gasteiger partial charge in [-0.25, -0.2) is 0 Å². The van der Waals surface area contributed by atoms with E-state index in [1.807, 2.05) is 17.6 Å². The lowest BCUT2D eigenvalue weighted by Crippen LogP contribution is -2.17. The molecule has 2 amide bonds. The number of aromatic nitrogens is 1. The summed E-state index contributed by atoms with van der Waals surface area (Å²) < 4.78 is 52.7. The molecule has 0 fully saturated rings. The summed E-state index contributed by atoms with van der Waals surface area (Å²) in [4.78, 5) is 24.6. The van der Waals surface area contributed by atoms with Gasteiger partial charge in [0.15, 0.2) is 11.5 Å². The second-order valence-electron chi connectivity index (χ2n) is 7.84. The predicted molar refractivity (Wildman–Crippen MR) is 120 cm³/mol. The Balaban J connectivity index is 1.68. The predicted octanol–water partition coefficient (Wildman–Crippen LogP) is 5.09. The summed E-state index contributed by atoms with van der Waals surface area (Å²) in [7, 11) is 0. The minimum atomic E-state index is -4.61. The highest BCUT2D eigenvalue weighted by Crippen LogP contribution is 2.36. The molecule has 0 spiro atoms. The molecule has 4 rings (SSSR count). The van der Waals surface area contributed by atoms with Gasteiger partial charge in [-0.05, 0) is 50.2 Å². The lowest BCUT2D eigenvalue weighted by atomic mass is 10.1. The molecular weight excluding hydrogens is 451 g/mol. The van der Waals surface area contributed by atoms with E-state index in [1.54, 1.807) is 25.1 Å². The van der Waals surface area contributed by atoms with E-state index < -0.39 is 23.6 Å². The van der Waals surface area contributed by atoms with Gasteiger partial charge in [-0.15, -0.1) is 0 Å². The number of anilines is 2. The Morgan fingerprint density at radius 3 is 2.29 bits per heavy atom. The molecule has 1 aliphatic rings. The van der Waals surface area contributed by atoms with Crippen molar-refractivity contribution < 1.29 is 32.2 Å². The first kappa shape index (κ1) is 23.2. The average molecular weight is 473 g/mol. The van der Waals surface area contributed by atoms with Gasteiger partial charge >= 0.3 is 6.18 Å². The van der Waals surface area contributed by atoms with Gasteiger partial charge in [0.2, 0.25) is 5.91 Å². The van der Waals surface area contributed by atoms with Crippen molar-refractivity contribution in [3.05, 3.63) is 65.0 Å². The average Bonchev–Trinajstić information content (AvgIpc) is 3.07. The zero-order chi connectivity index (χ0) is 24.6. The van der Waals surface area contributed by atoms with Gasteiger partial charge < -0.3 is 24.7 Å². The number of ether oxygens (including phenoxy) is 2. The molecule has 0 saturated carbocycles. The van der Waals surface area contributed by atoms with Crippen LogP contribution < -0.4 is 20.1 Å². The zero-order valence-electron chi connectivity index (χ0n) is 18.7. The van der Waals surface area contributed by atoms with Crippen LogP contribution in [0, 0.1) is 13.8 Å². The van der Waals surface area contributed by atoms with E-state index in [0.717, 1.165) is 29.6 Å². The van der Waals surface area contributed by atoms with Crippen molar-refractivity contribution in [1.82, 2.24) is 4.57 Å². The first-order valence-electron chi connectivity index (χ1n) is 10.4. The molecule has 178 valence electrons. The summed E-state index contributed by atoms with van der Waals surface area (Å²) in [5.41, 5.74) is 1.31. The third kappa shape index (κ3) is 4.57. The fraction of sp³-hybridized carbons (Fsp3) is 0.250. The van der Waals surface area contributed by atoms with Crippen LogP contribution in [-0.2, 0) is 11.0 Å². The second kappa shape index (κ2) is 8.77. The Kier molecular flexibility index (Phi) is 5.99. The zero-order valence-corrected chi connectivity index (χ0v) is 18.7. The number of benzene rings is 2. The van der Waals surface area contributed by atoms with Crippen molar-refractivity contribution in [3.8, 4) is 17.2 Å². The molecule has 2 N–H and O–H groups in total. The van der Waals surface area contributed by atoms with Crippen LogP contribution in [0.1, 0.15) is 34.2 Å². The van der Waals surface area contributed by atoms with Gasteiger partial charge in [-0.3, -0.25) is 9.59 Å². The Morgan fingerprint density at radius 2 is 1.62 bits per heavy atom. The Morgan fingerprint density at radius 1 is 0.912 bits per heavy atom. The fourth-order valence-corrected chi connectivity index (χ4v) is 3.87.